The van der Waals surface area contributed by atoms with Gasteiger partial charge in [0.05, 0.1) is 22.2 Å². The third-order valence-electron chi connectivity index (χ3n) is 3.60. The van der Waals surface area contributed by atoms with Crippen LogP contribution in [-0.4, -0.2) is 14.7 Å². The second kappa shape index (κ2) is 5.47. The van der Waals surface area contributed by atoms with Crippen LogP contribution in [-0.2, 0) is 13.5 Å². The molecule has 3 aromatic rings. The first-order valence-electron chi connectivity index (χ1n) is 6.60. The van der Waals surface area contributed by atoms with Crippen molar-refractivity contribution in [2.24, 2.45) is 7.05 Å². The number of benzene rings is 2. The zero-order chi connectivity index (χ0) is 15.0. The molecule has 21 heavy (non-hydrogen) atoms. The van der Waals surface area contributed by atoms with Gasteiger partial charge in [-0.1, -0.05) is 35.9 Å². The standard InChI is InChI=1S/C16H14ClFN2O/c1-20-13-8-3-2-7-12(13)19-15(20)9-14(21)10-5-4-6-11(18)16(10)17/h2-8,14,21H,9H2,1H3. The fourth-order valence-electron chi connectivity index (χ4n) is 2.44. The topological polar surface area (TPSA) is 38.0 Å². The number of hydrogen-bond donors (Lipinski definition) is 1. The largest absolute Gasteiger partial charge is 0.388 e. The first-order valence-corrected chi connectivity index (χ1v) is 6.98. The second-order valence-electron chi connectivity index (χ2n) is 4.94. The van der Waals surface area contributed by atoms with E-state index in [1.54, 1.807) is 6.07 Å². The maximum atomic E-state index is 13.5. The molecule has 2 aromatic carbocycles. The summed E-state index contributed by atoms with van der Waals surface area (Å²) in [6.45, 7) is 0. The summed E-state index contributed by atoms with van der Waals surface area (Å²) in [5.74, 6) is 0.197. The molecular weight excluding hydrogens is 291 g/mol. The van der Waals surface area contributed by atoms with Gasteiger partial charge in [-0.3, -0.25) is 0 Å². The fraction of sp³-hybridized carbons (Fsp3) is 0.188. The van der Waals surface area contributed by atoms with E-state index in [4.69, 9.17) is 11.6 Å². The number of aromatic nitrogens is 2. The summed E-state index contributed by atoms with van der Waals surface area (Å²) in [5, 5.41) is 10.3. The van der Waals surface area contributed by atoms with Crippen LogP contribution in [0.1, 0.15) is 17.5 Å². The minimum Gasteiger partial charge on any atom is -0.388 e. The number of aryl methyl sites for hydroxylation is 1. The quantitative estimate of drug-likeness (QED) is 0.802. The predicted molar refractivity (Wildman–Crippen MR) is 80.8 cm³/mol. The lowest BCUT2D eigenvalue weighted by molar-refractivity contribution is 0.174. The number of rotatable bonds is 3. The van der Waals surface area contributed by atoms with Crippen molar-refractivity contribution in [1.82, 2.24) is 9.55 Å². The Morgan fingerprint density at radius 1 is 1.24 bits per heavy atom. The molecule has 1 unspecified atom stereocenters. The van der Waals surface area contributed by atoms with Crippen molar-refractivity contribution in [3.8, 4) is 0 Å². The van der Waals surface area contributed by atoms with E-state index in [1.807, 2.05) is 35.9 Å². The molecule has 0 bridgehead atoms. The van der Waals surface area contributed by atoms with E-state index in [9.17, 15) is 9.50 Å². The highest BCUT2D eigenvalue weighted by Crippen LogP contribution is 2.28. The Morgan fingerprint density at radius 2 is 2.00 bits per heavy atom. The van der Waals surface area contributed by atoms with Gasteiger partial charge in [0.25, 0.3) is 0 Å². The number of aliphatic hydroxyl groups excluding tert-OH is 1. The van der Waals surface area contributed by atoms with Gasteiger partial charge in [0.1, 0.15) is 11.6 Å². The zero-order valence-electron chi connectivity index (χ0n) is 11.4. The molecule has 0 aliphatic rings. The van der Waals surface area contributed by atoms with Crippen LogP contribution in [0.4, 0.5) is 4.39 Å². The van der Waals surface area contributed by atoms with Crippen molar-refractivity contribution in [1.29, 1.82) is 0 Å². The summed E-state index contributed by atoms with van der Waals surface area (Å²) >= 11 is 5.91. The van der Waals surface area contributed by atoms with E-state index in [0.29, 0.717) is 5.56 Å². The van der Waals surface area contributed by atoms with Crippen LogP contribution < -0.4 is 0 Å². The van der Waals surface area contributed by atoms with Crippen molar-refractivity contribution in [3.05, 3.63) is 64.7 Å². The van der Waals surface area contributed by atoms with Gasteiger partial charge in [-0.15, -0.1) is 0 Å². The number of fused-ring (bicyclic) bond motifs is 1. The molecule has 1 heterocycles. The average molecular weight is 305 g/mol. The zero-order valence-corrected chi connectivity index (χ0v) is 12.2. The first-order chi connectivity index (χ1) is 10.1. The van der Waals surface area contributed by atoms with E-state index in [2.05, 4.69) is 4.98 Å². The van der Waals surface area contributed by atoms with Crippen molar-refractivity contribution in [3.63, 3.8) is 0 Å². The molecule has 0 aliphatic heterocycles. The smallest absolute Gasteiger partial charge is 0.142 e. The summed E-state index contributed by atoms with van der Waals surface area (Å²) in [6, 6.07) is 12.2. The average Bonchev–Trinajstić information content (AvgIpc) is 2.79. The van der Waals surface area contributed by atoms with E-state index in [-0.39, 0.29) is 11.4 Å². The first kappa shape index (κ1) is 14.0. The molecule has 1 atom stereocenters. The highest BCUT2D eigenvalue weighted by atomic mass is 35.5. The van der Waals surface area contributed by atoms with E-state index >= 15 is 0 Å². The SMILES string of the molecule is Cn1c(CC(O)c2cccc(F)c2Cl)nc2ccccc21. The summed E-state index contributed by atoms with van der Waals surface area (Å²) < 4.78 is 15.4. The Balaban J connectivity index is 1.94. The highest BCUT2D eigenvalue weighted by Gasteiger charge is 2.18. The molecule has 3 rings (SSSR count). The minimum absolute atomic E-state index is 0.0382. The molecule has 0 saturated heterocycles. The molecule has 0 amide bonds. The van der Waals surface area contributed by atoms with E-state index in [1.165, 1.54) is 12.1 Å². The van der Waals surface area contributed by atoms with Crippen molar-refractivity contribution >= 4 is 22.6 Å². The molecule has 0 fully saturated rings. The van der Waals surface area contributed by atoms with Crippen LogP contribution in [0.25, 0.3) is 11.0 Å². The number of hydrogen-bond acceptors (Lipinski definition) is 2. The maximum absolute atomic E-state index is 13.5. The van der Waals surface area contributed by atoms with Crippen LogP contribution in [0, 0.1) is 5.82 Å². The van der Waals surface area contributed by atoms with E-state index in [0.717, 1.165) is 16.9 Å². The molecule has 1 N–H and O–H groups in total. The van der Waals surface area contributed by atoms with Crippen LogP contribution in [0.5, 0.6) is 0 Å². The highest BCUT2D eigenvalue weighted by molar-refractivity contribution is 6.31. The molecule has 0 spiro atoms. The minimum atomic E-state index is -0.899. The molecule has 0 saturated carbocycles. The summed E-state index contributed by atoms with van der Waals surface area (Å²) in [5.41, 5.74) is 2.24. The van der Waals surface area contributed by atoms with Crippen molar-refractivity contribution < 1.29 is 9.50 Å². The van der Waals surface area contributed by atoms with Crippen LogP contribution in [0.15, 0.2) is 42.5 Å². The van der Waals surface area contributed by atoms with Crippen LogP contribution in [0.2, 0.25) is 5.02 Å². The number of para-hydroxylation sites is 2. The summed E-state index contributed by atoms with van der Waals surface area (Å²) in [6.07, 6.45) is -0.627. The maximum Gasteiger partial charge on any atom is 0.142 e. The molecule has 5 heteroatoms. The third-order valence-corrected chi connectivity index (χ3v) is 3.99. The Hall–Kier alpha value is -1.91. The van der Waals surface area contributed by atoms with Gasteiger partial charge >= 0.3 is 0 Å². The third kappa shape index (κ3) is 2.52. The van der Waals surface area contributed by atoms with Gasteiger partial charge in [0, 0.05) is 19.0 Å². The Labute approximate surface area is 126 Å². The van der Waals surface area contributed by atoms with E-state index < -0.39 is 11.9 Å². The fourth-order valence-corrected chi connectivity index (χ4v) is 2.69. The lowest BCUT2D eigenvalue weighted by Gasteiger charge is -2.13. The molecular formula is C16H14ClFN2O. The Bertz CT molecular complexity index is 800. The molecule has 0 aliphatic carbocycles. The monoisotopic (exact) mass is 304 g/mol. The molecule has 1 aromatic heterocycles. The molecule has 3 nitrogen and oxygen atoms in total. The lowest BCUT2D eigenvalue weighted by Crippen LogP contribution is -2.08. The van der Waals surface area contributed by atoms with Gasteiger partial charge in [0.2, 0.25) is 0 Å². The Kier molecular flexibility index (Phi) is 3.66. The number of halogens is 2. The number of imidazole rings is 1. The van der Waals surface area contributed by atoms with Crippen LogP contribution >= 0.6 is 11.6 Å². The van der Waals surface area contributed by atoms with Gasteiger partial charge in [-0.25, -0.2) is 9.37 Å². The second-order valence-corrected chi connectivity index (χ2v) is 5.32. The normalized spacial score (nSPS) is 12.8. The van der Waals surface area contributed by atoms with Crippen molar-refractivity contribution in [2.45, 2.75) is 12.5 Å². The Morgan fingerprint density at radius 3 is 2.76 bits per heavy atom. The summed E-state index contributed by atoms with van der Waals surface area (Å²) in [4.78, 5) is 4.50. The van der Waals surface area contributed by atoms with Crippen molar-refractivity contribution in [2.75, 3.05) is 0 Å². The summed E-state index contributed by atoms with van der Waals surface area (Å²) in [7, 11) is 1.89. The van der Waals surface area contributed by atoms with Crippen LogP contribution in [0.3, 0.4) is 0 Å². The lowest BCUT2D eigenvalue weighted by atomic mass is 10.1. The van der Waals surface area contributed by atoms with Gasteiger partial charge < -0.3 is 9.67 Å². The molecule has 108 valence electrons. The van der Waals surface area contributed by atoms with Gasteiger partial charge in [-0.2, -0.15) is 0 Å². The van der Waals surface area contributed by atoms with Gasteiger partial charge in [0.15, 0.2) is 0 Å². The van der Waals surface area contributed by atoms with Gasteiger partial charge in [-0.05, 0) is 18.2 Å². The number of nitrogens with zero attached hydrogens (tertiary/aromatic N) is 2. The number of aliphatic hydroxyl groups is 1. The predicted octanol–water partition coefficient (Wildman–Crippen LogP) is 3.64. The molecule has 0 radical (unpaired) electrons.